The molecule has 1 N–H and O–H groups in total. The van der Waals surface area contributed by atoms with E-state index in [9.17, 15) is 22.0 Å². The Morgan fingerprint density at radius 3 is 2.48 bits per heavy atom. The average molecular weight is 343 g/mol. The molecule has 1 heterocycles. The largest absolute Gasteiger partial charge is 0.348 e. The maximum absolute atomic E-state index is 12.4. The molecule has 0 aliphatic rings. The van der Waals surface area contributed by atoms with Crippen LogP contribution >= 0.6 is 0 Å². The maximum Gasteiger partial charge on any atom is 0.341 e. The fourth-order valence-corrected chi connectivity index (χ4v) is 2.66. The number of halogens is 2. The first-order valence-corrected chi connectivity index (χ1v) is 8.25. The van der Waals surface area contributed by atoms with Crippen molar-refractivity contribution in [2.45, 2.75) is 30.2 Å². The summed E-state index contributed by atoms with van der Waals surface area (Å²) in [7, 11) is -4.65. The van der Waals surface area contributed by atoms with Crippen LogP contribution in [0, 0.1) is 0 Å². The summed E-state index contributed by atoms with van der Waals surface area (Å²) in [5.41, 5.74) is 0.186. The SMILES string of the molecule is C[C@H](Cn1cccn1)NC(=O)c1ccc(S(=O)(=O)C(F)F)cc1. The van der Waals surface area contributed by atoms with Gasteiger partial charge in [-0.2, -0.15) is 13.9 Å². The number of amides is 1. The highest BCUT2D eigenvalue weighted by atomic mass is 32.2. The highest BCUT2D eigenvalue weighted by molar-refractivity contribution is 7.91. The lowest BCUT2D eigenvalue weighted by Gasteiger charge is -2.14. The first-order chi connectivity index (χ1) is 10.8. The second-order valence-electron chi connectivity index (χ2n) is 4.93. The van der Waals surface area contributed by atoms with E-state index in [2.05, 4.69) is 10.4 Å². The van der Waals surface area contributed by atoms with Crippen LogP contribution in [-0.2, 0) is 16.4 Å². The molecule has 0 bridgehead atoms. The van der Waals surface area contributed by atoms with E-state index in [-0.39, 0.29) is 11.6 Å². The number of alkyl halides is 2. The number of hydrogen-bond donors (Lipinski definition) is 1. The maximum atomic E-state index is 12.4. The third kappa shape index (κ3) is 4.13. The van der Waals surface area contributed by atoms with Crippen LogP contribution in [0.15, 0.2) is 47.6 Å². The molecule has 9 heteroatoms. The molecule has 124 valence electrons. The summed E-state index contributed by atoms with van der Waals surface area (Å²) in [6.07, 6.45) is 3.38. The Labute approximate surface area is 132 Å². The zero-order valence-corrected chi connectivity index (χ0v) is 13.0. The minimum Gasteiger partial charge on any atom is -0.348 e. The Balaban J connectivity index is 2.03. The molecule has 2 rings (SSSR count). The number of aromatic nitrogens is 2. The summed E-state index contributed by atoms with van der Waals surface area (Å²) < 4.78 is 49.1. The van der Waals surface area contributed by atoms with Crippen LogP contribution in [0.1, 0.15) is 17.3 Å². The quantitative estimate of drug-likeness (QED) is 0.866. The molecule has 1 aromatic heterocycles. The number of carbonyl (C=O) groups excluding carboxylic acids is 1. The van der Waals surface area contributed by atoms with Gasteiger partial charge in [-0.1, -0.05) is 0 Å². The van der Waals surface area contributed by atoms with Gasteiger partial charge in [0.15, 0.2) is 0 Å². The van der Waals surface area contributed by atoms with E-state index in [1.165, 1.54) is 12.1 Å². The van der Waals surface area contributed by atoms with Gasteiger partial charge in [0.1, 0.15) is 0 Å². The summed E-state index contributed by atoms with van der Waals surface area (Å²) in [4.78, 5) is 11.5. The van der Waals surface area contributed by atoms with Gasteiger partial charge in [0.2, 0.25) is 9.84 Å². The lowest BCUT2D eigenvalue weighted by atomic mass is 10.2. The fraction of sp³-hybridized carbons (Fsp3) is 0.286. The predicted molar refractivity (Wildman–Crippen MR) is 78.8 cm³/mol. The van der Waals surface area contributed by atoms with Gasteiger partial charge in [0.05, 0.1) is 11.4 Å². The molecule has 0 saturated carbocycles. The Hall–Kier alpha value is -2.29. The van der Waals surface area contributed by atoms with Gasteiger partial charge >= 0.3 is 5.76 Å². The molecular weight excluding hydrogens is 328 g/mol. The van der Waals surface area contributed by atoms with E-state index < -0.39 is 26.4 Å². The molecule has 0 spiro atoms. The monoisotopic (exact) mass is 343 g/mol. The molecule has 1 aromatic carbocycles. The zero-order chi connectivity index (χ0) is 17.0. The number of nitrogens with one attached hydrogen (secondary N) is 1. The highest BCUT2D eigenvalue weighted by Gasteiger charge is 2.26. The first kappa shape index (κ1) is 17.1. The summed E-state index contributed by atoms with van der Waals surface area (Å²) in [5.74, 6) is -3.91. The minimum absolute atomic E-state index is 0.186. The van der Waals surface area contributed by atoms with Gasteiger partial charge in [0, 0.05) is 24.0 Å². The van der Waals surface area contributed by atoms with Crippen LogP contribution < -0.4 is 5.32 Å². The van der Waals surface area contributed by atoms with Crippen LogP contribution in [0.25, 0.3) is 0 Å². The van der Waals surface area contributed by atoms with Gasteiger partial charge < -0.3 is 5.32 Å². The average Bonchev–Trinajstić information content (AvgIpc) is 2.99. The lowest BCUT2D eigenvalue weighted by Crippen LogP contribution is -2.35. The zero-order valence-electron chi connectivity index (χ0n) is 12.2. The minimum atomic E-state index is -4.65. The van der Waals surface area contributed by atoms with Gasteiger partial charge in [-0.05, 0) is 37.3 Å². The van der Waals surface area contributed by atoms with Crippen molar-refractivity contribution in [3.8, 4) is 0 Å². The van der Waals surface area contributed by atoms with Crippen molar-refractivity contribution >= 4 is 15.7 Å². The Morgan fingerprint density at radius 2 is 1.96 bits per heavy atom. The van der Waals surface area contributed by atoms with Crippen molar-refractivity contribution in [3.63, 3.8) is 0 Å². The number of nitrogens with zero attached hydrogens (tertiary/aromatic N) is 2. The summed E-state index contributed by atoms with van der Waals surface area (Å²) in [5, 5.41) is 6.74. The van der Waals surface area contributed by atoms with Crippen molar-refractivity contribution in [2.75, 3.05) is 0 Å². The molecule has 0 fully saturated rings. The molecule has 1 amide bonds. The summed E-state index contributed by atoms with van der Waals surface area (Å²) in [6.45, 7) is 2.26. The normalized spacial score (nSPS) is 13.0. The molecule has 0 aliphatic carbocycles. The number of sulfone groups is 1. The molecule has 1 atom stereocenters. The molecule has 23 heavy (non-hydrogen) atoms. The van der Waals surface area contributed by atoms with E-state index in [4.69, 9.17) is 0 Å². The van der Waals surface area contributed by atoms with Crippen molar-refractivity contribution < 1.29 is 22.0 Å². The van der Waals surface area contributed by atoms with Crippen LogP contribution in [-0.4, -0.2) is 35.9 Å². The molecular formula is C14H15F2N3O3S. The topological polar surface area (TPSA) is 81.1 Å². The molecule has 0 aliphatic heterocycles. The third-order valence-corrected chi connectivity index (χ3v) is 4.48. The van der Waals surface area contributed by atoms with E-state index in [0.717, 1.165) is 12.1 Å². The standard InChI is InChI=1S/C14H15F2N3O3S/c1-10(9-19-8-2-7-17-19)18-13(20)11-3-5-12(6-4-11)23(21,22)14(15)16/h2-8,10,14H,9H2,1H3,(H,18,20)/t10-/m1/s1. The highest BCUT2D eigenvalue weighted by Crippen LogP contribution is 2.18. The first-order valence-electron chi connectivity index (χ1n) is 6.71. The smallest absolute Gasteiger partial charge is 0.341 e. The van der Waals surface area contributed by atoms with Crippen molar-refractivity contribution in [3.05, 3.63) is 48.3 Å². The molecule has 6 nitrogen and oxygen atoms in total. The van der Waals surface area contributed by atoms with Gasteiger partial charge in [-0.15, -0.1) is 0 Å². The molecule has 0 saturated heterocycles. The van der Waals surface area contributed by atoms with Gasteiger partial charge in [0.25, 0.3) is 5.91 Å². The van der Waals surface area contributed by atoms with E-state index in [0.29, 0.717) is 6.54 Å². The van der Waals surface area contributed by atoms with Crippen LogP contribution in [0.5, 0.6) is 0 Å². The Bertz CT molecular complexity index is 759. The molecule has 0 radical (unpaired) electrons. The Morgan fingerprint density at radius 1 is 1.30 bits per heavy atom. The number of carbonyl (C=O) groups is 1. The summed E-state index contributed by atoms with van der Waals surface area (Å²) >= 11 is 0. The Kier molecular flexibility index (Phi) is 5.09. The molecule has 0 unspecified atom stereocenters. The fourth-order valence-electron chi connectivity index (χ4n) is 1.94. The van der Waals surface area contributed by atoms with Gasteiger partial charge in [-0.25, -0.2) is 8.42 Å². The number of hydrogen-bond acceptors (Lipinski definition) is 4. The predicted octanol–water partition coefficient (Wildman–Crippen LogP) is 1.70. The van der Waals surface area contributed by atoms with Crippen molar-refractivity contribution in [1.29, 1.82) is 0 Å². The molecule has 2 aromatic rings. The van der Waals surface area contributed by atoms with E-state index in [1.807, 2.05) is 0 Å². The lowest BCUT2D eigenvalue weighted by molar-refractivity contribution is 0.0936. The van der Waals surface area contributed by atoms with Crippen LogP contribution in [0.4, 0.5) is 8.78 Å². The van der Waals surface area contributed by atoms with Crippen molar-refractivity contribution in [1.82, 2.24) is 15.1 Å². The number of benzene rings is 1. The third-order valence-electron chi connectivity index (χ3n) is 3.08. The van der Waals surface area contributed by atoms with E-state index >= 15 is 0 Å². The second-order valence-corrected chi connectivity index (χ2v) is 6.85. The van der Waals surface area contributed by atoms with Crippen LogP contribution in [0.2, 0.25) is 0 Å². The number of rotatable bonds is 6. The second kappa shape index (κ2) is 6.86. The van der Waals surface area contributed by atoms with Gasteiger partial charge in [-0.3, -0.25) is 9.48 Å². The summed E-state index contributed by atoms with van der Waals surface area (Å²) in [6, 6.07) is 5.93. The van der Waals surface area contributed by atoms with Crippen LogP contribution in [0.3, 0.4) is 0 Å². The van der Waals surface area contributed by atoms with E-state index in [1.54, 1.807) is 30.1 Å². The van der Waals surface area contributed by atoms with Crippen molar-refractivity contribution in [2.24, 2.45) is 0 Å².